The van der Waals surface area contributed by atoms with Gasteiger partial charge < -0.3 is 0 Å². The molecule has 0 aromatic heterocycles. The smallest absolute Gasteiger partial charge is 0.180 e. The van der Waals surface area contributed by atoms with Crippen molar-refractivity contribution in [2.45, 2.75) is 17.7 Å². The summed E-state index contributed by atoms with van der Waals surface area (Å²) in [5, 5.41) is 0. The summed E-state index contributed by atoms with van der Waals surface area (Å²) < 4.78 is 23.5. The van der Waals surface area contributed by atoms with Gasteiger partial charge >= 0.3 is 4.83 Å². The molecule has 9 heavy (non-hydrogen) atoms. The lowest BCUT2D eigenvalue weighted by Crippen LogP contribution is -1.97. The first-order valence-electron chi connectivity index (χ1n) is 2.42. The quantitative estimate of drug-likeness (QED) is 0.446. The maximum Gasteiger partial charge on any atom is 0.363 e. The standard InChI is InChI=1S/C6H6BrF2/c1-2-3-4-5-6(7,8)9/h1-3H2. The SMILES string of the molecule is [CH2]CCC#CC(F)(F)Br. The molecule has 0 N–H and O–H groups in total. The third kappa shape index (κ3) is 7.90. The van der Waals surface area contributed by atoms with Crippen LogP contribution in [0, 0.1) is 18.8 Å². The Morgan fingerprint density at radius 3 is 2.44 bits per heavy atom. The Hall–Kier alpha value is -0.100. The average molecular weight is 196 g/mol. The normalized spacial score (nSPS) is 10.2. The van der Waals surface area contributed by atoms with Gasteiger partial charge in [0.15, 0.2) is 0 Å². The second-order valence-electron chi connectivity index (χ2n) is 1.40. The minimum absolute atomic E-state index is 0.418. The highest BCUT2D eigenvalue weighted by Gasteiger charge is 2.18. The summed E-state index contributed by atoms with van der Waals surface area (Å²) >= 11 is 2.08. The molecular weight excluding hydrogens is 190 g/mol. The Bertz CT molecular complexity index is 126. The van der Waals surface area contributed by atoms with Crippen LogP contribution in [0.25, 0.3) is 0 Å². The molecule has 0 amide bonds. The number of rotatable bonds is 1. The maximum absolute atomic E-state index is 11.8. The van der Waals surface area contributed by atoms with E-state index in [9.17, 15) is 8.78 Å². The molecule has 0 nitrogen and oxygen atoms in total. The number of alkyl halides is 3. The van der Waals surface area contributed by atoms with Crippen molar-refractivity contribution in [1.29, 1.82) is 0 Å². The minimum atomic E-state index is -3.03. The first-order chi connectivity index (χ1) is 4.06. The molecule has 0 rings (SSSR count). The number of halogens is 3. The van der Waals surface area contributed by atoms with Gasteiger partial charge in [0, 0.05) is 22.4 Å². The van der Waals surface area contributed by atoms with Gasteiger partial charge in [0.05, 0.1) is 0 Å². The first-order valence-corrected chi connectivity index (χ1v) is 3.21. The van der Waals surface area contributed by atoms with Crippen LogP contribution in [0.3, 0.4) is 0 Å². The van der Waals surface area contributed by atoms with E-state index in [1.165, 1.54) is 0 Å². The van der Waals surface area contributed by atoms with Gasteiger partial charge in [-0.05, 0) is 12.3 Å². The van der Waals surface area contributed by atoms with Gasteiger partial charge in [-0.25, -0.2) is 0 Å². The molecule has 51 valence electrons. The second-order valence-corrected chi connectivity index (χ2v) is 2.40. The van der Waals surface area contributed by atoms with Crippen molar-refractivity contribution >= 4 is 15.9 Å². The topological polar surface area (TPSA) is 0 Å². The summed E-state index contributed by atoms with van der Waals surface area (Å²) in [7, 11) is 0. The second kappa shape index (κ2) is 3.84. The molecule has 0 spiro atoms. The van der Waals surface area contributed by atoms with Crippen LogP contribution in [-0.4, -0.2) is 4.83 Å². The van der Waals surface area contributed by atoms with Gasteiger partial charge in [-0.15, -0.1) is 0 Å². The first kappa shape index (κ1) is 8.90. The molecule has 0 unspecified atom stereocenters. The van der Waals surface area contributed by atoms with Crippen LogP contribution in [0.15, 0.2) is 0 Å². The van der Waals surface area contributed by atoms with E-state index >= 15 is 0 Å². The van der Waals surface area contributed by atoms with Crippen molar-refractivity contribution in [2.75, 3.05) is 0 Å². The molecule has 0 aromatic rings. The molecule has 0 heterocycles. The maximum atomic E-state index is 11.8. The highest BCUT2D eigenvalue weighted by molar-refractivity contribution is 9.10. The lowest BCUT2D eigenvalue weighted by Gasteiger charge is -1.93. The molecule has 3 heteroatoms. The molecule has 0 aliphatic heterocycles. The Labute approximate surface area is 61.8 Å². The Morgan fingerprint density at radius 1 is 1.56 bits per heavy atom. The molecule has 0 bridgehead atoms. The van der Waals surface area contributed by atoms with E-state index in [0.717, 1.165) is 0 Å². The van der Waals surface area contributed by atoms with E-state index in [-0.39, 0.29) is 0 Å². The lowest BCUT2D eigenvalue weighted by molar-refractivity contribution is 0.182. The van der Waals surface area contributed by atoms with Gasteiger partial charge in [-0.2, -0.15) is 8.78 Å². The molecular formula is C6H6BrF2. The highest BCUT2D eigenvalue weighted by atomic mass is 79.9. The molecule has 0 saturated carbocycles. The molecule has 0 aliphatic carbocycles. The lowest BCUT2D eigenvalue weighted by atomic mass is 10.3. The van der Waals surface area contributed by atoms with E-state index in [0.29, 0.717) is 12.8 Å². The van der Waals surface area contributed by atoms with Crippen molar-refractivity contribution in [1.82, 2.24) is 0 Å². The molecule has 1 radical (unpaired) electrons. The van der Waals surface area contributed by atoms with E-state index in [1.54, 1.807) is 5.92 Å². The van der Waals surface area contributed by atoms with Gasteiger partial charge in [-0.3, -0.25) is 0 Å². The van der Waals surface area contributed by atoms with Crippen LogP contribution < -0.4 is 0 Å². The van der Waals surface area contributed by atoms with Crippen LogP contribution in [0.5, 0.6) is 0 Å². The fourth-order valence-electron chi connectivity index (χ4n) is 0.251. The number of unbranched alkanes of at least 4 members (excludes halogenated alkanes) is 1. The van der Waals surface area contributed by atoms with Crippen molar-refractivity contribution in [3.05, 3.63) is 6.92 Å². The fourth-order valence-corrected chi connectivity index (χ4v) is 0.391. The third-order valence-electron chi connectivity index (χ3n) is 0.532. The summed E-state index contributed by atoms with van der Waals surface area (Å²) in [4.78, 5) is -3.03. The third-order valence-corrected chi connectivity index (χ3v) is 0.730. The zero-order valence-electron chi connectivity index (χ0n) is 4.76. The van der Waals surface area contributed by atoms with Crippen LogP contribution in [0.1, 0.15) is 12.8 Å². The van der Waals surface area contributed by atoms with Gasteiger partial charge in [-0.1, -0.05) is 12.8 Å². The molecule has 0 aliphatic rings. The zero-order valence-corrected chi connectivity index (χ0v) is 6.34. The highest BCUT2D eigenvalue weighted by Crippen LogP contribution is 2.19. The van der Waals surface area contributed by atoms with Gasteiger partial charge in [0.1, 0.15) is 0 Å². The van der Waals surface area contributed by atoms with Crippen LogP contribution >= 0.6 is 15.9 Å². The van der Waals surface area contributed by atoms with E-state index in [1.807, 2.05) is 0 Å². The average Bonchev–Trinajstić information content (AvgIpc) is 1.63. The monoisotopic (exact) mass is 195 g/mol. The fraction of sp³-hybridized carbons (Fsp3) is 0.500. The molecule has 0 fully saturated rings. The number of hydrogen-bond donors (Lipinski definition) is 0. The number of hydrogen-bond acceptors (Lipinski definition) is 0. The molecule has 0 aromatic carbocycles. The zero-order chi connectivity index (χ0) is 7.33. The molecule has 0 saturated heterocycles. The summed E-state index contributed by atoms with van der Waals surface area (Å²) in [6.45, 7) is 3.44. The van der Waals surface area contributed by atoms with Crippen molar-refractivity contribution in [3.8, 4) is 11.8 Å². The van der Waals surface area contributed by atoms with Gasteiger partial charge in [0.2, 0.25) is 0 Å². The molecule has 0 atom stereocenters. The van der Waals surface area contributed by atoms with Crippen LogP contribution in [0.4, 0.5) is 8.78 Å². The van der Waals surface area contributed by atoms with E-state index in [4.69, 9.17) is 0 Å². The summed E-state index contributed by atoms with van der Waals surface area (Å²) in [5.41, 5.74) is 0. The Balaban J connectivity index is 3.59. The van der Waals surface area contributed by atoms with Crippen molar-refractivity contribution in [2.24, 2.45) is 0 Å². The van der Waals surface area contributed by atoms with Crippen molar-refractivity contribution < 1.29 is 8.78 Å². The Morgan fingerprint density at radius 2 is 2.11 bits per heavy atom. The summed E-state index contributed by atoms with van der Waals surface area (Å²) in [6.07, 6.45) is 0.983. The predicted molar refractivity (Wildman–Crippen MR) is 36.2 cm³/mol. The van der Waals surface area contributed by atoms with Gasteiger partial charge in [0.25, 0.3) is 0 Å². The minimum Gasteiger partial charge on any atom is -0.180 e. The van der Waals surface area contributed by atoms with E-state index in [2.05, 4.69) is 28.8 Å². The van der Waals surface area contributed by atoms with E-state index < -0.39 is 4.83 Å². The Kier molecular flexibility index (Phi) is 3.79. The summed E-state index contributed by atoms with van der Waals surface area (Å²) in [6, 6.07) is 0. The summed E-state index contributed by atoms with van der Waals surface area (Å²) in [5.74, 6) is 3.98. The predicted octanol–water partition coefficient (Wildman–Crippen LogP) is 2.59. The largest absolute Gasteiger partial charge is 0.363 e. The van der Waals surface area contributed by atoms with Crippen LogP contribution in [0.2, 0.25) is 0 Å². The van der Waals surface area contributed by atoms with Crippen LogP contribution in [-0.2, 0) is 0 Å². The van der Waals surface area contributed by atoms with Crippen molar-refractivity contribution in [3.63, 3.8) is 0 Å².